The lowest BCUT2D eigenvalue weighted by Crippen LogP contribution is -1.92. The number of hydrogen-bond acceptors (Lipinski definition) is 1. The van der Waals surface area contributed by atoms with Crippen LogP contribution in [0.5, 0.6) is 0 Å². The number of rotatable bonds is 3. The zero-order valence-corrected chi connectivity index (χ0v) is 22.6. The molecule has 1 nitrogen and oxygen atoms in total. The van der Waals surface area contributed by atoms with Gasteiger partial charge in [-0.05, 0) is 78.3 Å². The molecule has 1 heteroatoms. The first-order valence-electron chi connectivity index (χ1n) is 19.4. The highest BCUT2D eigenvalue weighted by Gasteiger charge is 2.20. The van der Waals surface area contributed by atoms with Crippen LogP contribution >= 0.6 is 0 Å². The molecule has 0 saturated heterocycles. The topological polar surface area (TPSA) is 13.1 Å². The molecule has 1 aromatic heterocycles. The maximum Gasteiger partial charge on any atom is 0.143 e. The van der Waals surface area contributed by atoms with Gasteiger partial charge >= 0.3 is 0 Å². The van der Waals surface area contributed by atoms with Gasteiger partial charge in [0.05, 0.1) is 15.1 Å². The molecule has 200 valence electrons. The monoisotopic (exact) mass is 557 g/mol. The van der Waals surface area contributed by atoms with Crippen molar-refractivity contribution in [2.45, 2.75) is 0 Å². The van der Waals surface area contributed by atoms with Crippen LogP contribution < -0.4 is 0 Å². The lowest BCUT2D eigenvalue weighted by atomic mass is 9.84. The summed E-state index contributed by atoms with van der Waals surface area (Å²) in [7, 11) is 0. The predicted molar refractivity (Wildman–Crippen MR) is 183 cm³/mol. The Hall–Kier alpha value is -5.66. The average molecular weight is 558 g/mol. The van der Waals surface area contributed by atoms with Gasteiger partial charge in [-0.2, -0.15) is 0 Å². The summed E-state index contributed by atoms with van der Waals surface area (Å²) in [5.41, 5.74) is 1.39. The van der Waals surface area contributed by atoms with Crippen LogP contribution in [0.3, 0.4) is 0 Å². The molecule has 1 heterocycles. The zero-order chi connectivity index (χ0) is 37.9. The Morgan fingerprint density at radius 1 is 0.419 bits per heavy atom. The fourth-order valence-electron chi connectivity index (χ4n) is 6.26. The number of para-hydroxylation sites is 1. The van der Waals surface area contributed by atoms with Gasteiger partial charge < -0.3 is 4.42 Å². The van der Waals surface area contributed by atoms with Gasteiger partial charge in [-0.15, -0.1) is 0 Å². The second-order valence-electron chi connectivity index (χ2n) is 10.4. The maximum absolute atomic E-state index is 9.89. The van der Waals surface area contributed by atoms with E-state index in [4.69, 9.17) is 16.8 Å². The van der Waals surface area contributed by atoms with E-state index in [9.17, 15) is 2.74 Å². The van der Waals surface area contributed by atoms with Gasteiger partial charge in [-0.1, -0.05) is 139 Å². The first kappa shape index (κ1) is 15.5. The number of fused-ring (bicyclic) bond motifs is 6. The second kappa shape index (κ2) is 9.44. The van der Waals surface area contributed by atoms with E-state index in [1.807, 2.05) is 66.7 Å². The van der Waals surface area contributed by atoms with Crippen LogP contribution in [0.15, 0.2) is 162 Å². The summed E-state index contributed by atoms with van der Waals surface area (Å²) in [6.07, 6.45) is 0. The molecular formula is C42H26O. The van der Waals surface area contributed by atoms with Crippen molar-refractivity contribution in [2.75, 3.05) is 0 Å². The molecule has 0 spiro atoms. The summed E-state index contributed by atoms with van der Waals surface area (Å²) >= 11 is 0. The van der Waals surface area contributed by atoms with Crippen molar-refractivity contribution in [3.63, 3.8) is 0 Å². The first-order chi connectivity index (χ1) is 25.9. The van der Waals surface area contributed by atoms with Crippen LogP contribution in [0, 0.1) is 0 Å². The SMILES string of the molecule is [2H]c1c([2H])c([2H])c(-c2c([2H])c(-c3c4ccccc4c(-c4cccc5ccccc45)c4ccccc34)c([2H])c3c2oc2c([2H])c([2H])c([2H])c([2H])c23)c([2H])c1[2H]. The molecule has 0 amide bonds. The van der Waals surface area contributed by atoms with Gasteiger partial charge in [-0.3, -0.25) is 0 Å². The van der Waals surface area contributed by atoms with Crippen molar-refractivity contribution in [2.24, 2.45) is 0 Å². The van der Waals surface area contributed by atoms with E-state index in [1.54, 1.807) is 0 Å². The summed E-state index contributed by atoms with van der Waals surface area (Å²) in [5, 5.41) is 4.94. The minimum Gasteiger partial charge on any atom is -0.455 e. The fourth-order valence-corrected chi connectivity index (χ4v) is 6.26. The van der Waals surface area contributed by atoms with Crippen LogP contribution in [0.4, 0.5) is 0 Å². The van der Waals surface area contributed by atoms with E-state index in [-0.39, 0.29) is 50.7 Å². The lowest BCUT2D eigenvalue weighted by molar-refractivity contribution is 0.670. The summed E-state index contributed by atoms with van der Waals surface area (Å²) in [4.78, 5) is 0. The van der Waals surface area contributed by atoms with Gasteiger partial charge in [0.25, 0.3) is 0 Å². The third kappa shape index (κ3) is 3.65. The molecule has 9 aromatic rings. The highest BCUT2D eigenvalue weighted by atomic mass is 16.3. The van der Waals surface area contributed by atoms with Crippen LogP contribution in [-0.2, 0) is 0 Å². The summed E-state index contributed by atoms with van der Waals surface area (Å²) in [5.74, 6) is 0. The van der Waals surface area contributed by atoms with Crippen molar-refractivity contribution in [1.29, 1.82) is 0 Å². The molecule has 0 N–H and O–H groups in total. The highest BCUT2D eigenvalue weighted by molar-refractivity contribution is 6.24. The summed E-state index contributed by atoms with van der Waals surface area (Å²) < 4.78 is 103. The van der Waals surface area contributed by atoms with E-state index in [0.717, 1.165) is 32.7 Å². The molecule has 0 fully saturated rings. The molecule has 0 aliphatic heterocycles. The van der Waals surface area contributed by atoms with Crippen LogP contribution in [0.1, 0.15) is 15.1 Å². The Balaban J connectivity index is 1.55. The Kier molecular flexibility index (Phi) is 3.41. The van der Waals surface area contributed by atoms with Crippen molar-refractivity contribution in [3.8, 4) is 33.4 Å². The number of furan rings is 1. The number of benzene rings is 8. The second-order valence-corrected chi connectivity index (χ2v) is 10.4. The predicted octanol–water partition coefficient (Wildman–Crippen LogP) is 12.0. The molecule has 43 heavy (non-hydrogen) atoms. The van der Waals surface area contributed by atoms with Crippen LogP contribution in [-0.4, -0.2) is 0 Å². The molecule has 9 rings (SSSR count). The van der Waals surface area contributed by atoms with Gasteiger partial charge in [0.2, 0.25) is 0 Å². The van der Waals surface area contributed by atoms with Crippen molar-refractivity contribution >= 4 is 54.3 Å². The van der Waals surface area contributed by atoms with Gasteiger partial charge in [0, 0.05) is 16.3 Å². The molecular weight excluding hydrogens is 520 g/mol. The number of hydrogen-bond donors (Lipinski definition) is 0. The quantitative estimate of drug-likeness (QED) is 0.197. The summed E-state index contributed by atoms with van der Waals surface area (Å²) in [6, 6.07) is 23.8. The molecule has 0 atom stereocenters. The van der Waals surface area contributed by atoms with Gasteiger partial charge in [0.1, 0.15) is 11.2 Å². The molecule has 0 bridgehead atoms. The van der Waals surface area contributed by atoms with Crippen molar-refractivity contribution in [3.05, 3.63) is 157 Å². The van der Waals surface area contributed by atoms with Gasteiger partial charge in [-0.25, -0.2) is 0 Å². The lowest BCUT2D eigenvalue weighted by Gasteiger charge is -2.19. The molecule has 0 aliphatic carbocycles. The molecule has 0 saturated carbocycles. The average Bonchev–Trinajstić information content (AvgIpc) is 3.59. The molecule has 0 unspecified atom stereocenters. The Morgan fingerprint density at radius 3 is 1.77 bits per heavy atom. The fraction of sp³-hybridized carbons (Fsp3) is 0. The van der Waals surface area contributed by atoms with Crippen molar-refractivity contribution in [1.82, 2.24) is 0 Å². The first-order valence-corrected chi connectivity index (χ1v) is 13.9. The molecule has 8 aromatic carbocycles. The van der Waals surface area contributed by atoms with Gasteiger partial charge in [0.15, 0.2) is 0 Å². The Morgan fingerprint density at radius 2 is 1.02 bits per heavy atom. The Bertz CT molecular complexity index is 3040. The molecule has 0 radical (unpaired) electrons. The van der Waals surface area contributed by atoms with Crippen molar-refractivity contribution < 1.29 is 19.5 Å². The smallest absolute Gasteiger partial charge is 0.143 e. The van der Waals surface area contributed by atoms with Crippen LogP contribution in [0.25, 0.3) is 87.6 Å². The van der Waals surface area contributed by atoms with E-state index < -0.39 is 54.4 Å². The third-order valence-corrected chi connectivity index (χ3v) is 8.05. The normalized spacial score (nSPS) is 15.3. The maximum atomic E-state index is 9.89. The minimum atomic E-state index is -0.634. The van der Waals surface area contributed by atoms with Crippen LogP contribution in [0.2, 0.25) is 0 Å². The third-order valence-electron chi connectivity index (χ3n) is 8.05. The Labute approximate surface area is 264 Å². The largest absolute Gasteiger partial charge is 0.455 e. The minimum absolute atomic E-state index is 0.0521. The molecule has 0 aliphatic rings. The highest BCUT2D eigenvalue weighted by Crippen LogP contribution is 2.47. The van der Waals surface area contributed by atoms with E-state index in [2.05, 4.69) is 24.3 Å². The van der Waals surface area contributed by atoms with E-state index in [0.29, 0.717) is 16.3 Å². The van der Waals surface area contributed by atoms with E-state index in [1.165, 1.54) is 0 Å². The van der Waals surface area contributed by atoms with E-state index >= 15 is 0 Å². The summed E-state index contributed by atoms with van der Waals surface area (Å²) in [6.45, 7) is 0. The zero-order valence-electron chi connectivity index (χ0n) is 33.6. The standard InChI is InChI=1S/C42H26O/c1-2-13-28(14-3-1)37-25-29(26-38-31-18-10-11-24-39(31)43-42(37)38)40-33-19-6-8-21-35(33)41(36-22-9-7-20-34(36)40)32-23-12-16-27-15-4-5-17-30(27)32/h1-26H/i1D,2D,3D,10D,11D,13D,14D,18D,24D,25D,26D.